The minimum absolute atomic E-state index is 0.116. The normalized spacial score (nSPS) is 10.5. The largest absolute Gasteiger partial charge is 0.485 e. The van der Waals surface area contributed by atoms with E-state index in [0.717, 1.165) is 17.1 Å². The Bertz CT molecular complexity index is 1140. The summed E-state index contributed by atoms with van der Waals surface area (Å²) in [5, 5.41) is 6.71. The van der Waals surface area contributed by atoms with Crippen LogP contribution >= 0.6 is 0 Å². The first-order valence-corrected chi connectivity index (χ1v) is 9.78. The topological polar surface area (TPSA) is 86.5 Å². The molecule has 0 aliphatic heterocycles. The number of carbonyl (C=O) groups excluding carboxylic acids is 1. The number of benzene rings is 3. The highest BCUT2D eigenvalue weighted by Gasteiger charge is 2.13. The zero-order valence-electron chi connectivity index (χ0n) is 16.9. The highest BCUT2D eigenvalue weighted by Crippen LogP contribution is 2.22. The minimum atomic E-state index is -0.232. The molecule has 156 valence electrons. The first-order chi connectivity index (χ1) is 15.2. The van der Waals surface area contributed by atoms with Crippen LogP contribution in [0.4, 0.5) is 0 Å². The van der Waals surface area contributed by atoms with Crippen molar-refractivity contribution in [1.82, 2.24) is 15.5 Å². The van der Waals surface area contributed by atoms with Gasteiger partial charge in [0.25, 0.3) is 5.91 Å². The second-order valence-corrected chi connectivity index (χ2v) is 6.76. The number of amides is 1. The van der Waals surface area contributed by atoms with Gasteiger partial charge in [0.2, 0.25) is 11.7 Å². The summed E-state index contributed by atoms with van der Waals surface area (Å²) >= 11 is 0. The molecule has 0 saturated heterocycles. The highest BCUT2D eigenvalue weighted by atomic mass is 16.5. The average Bonchev–Trinajstić information content (AvgIpc) is 3.23. The van der Waals surface area contributed by atoms with E-state index in [0.29, 0.717) is 29.6 Å². The van der Waals surface area contributed by atoms with Crippen LogP contribution in [0.1, 0.15) is 27.6 Å². The number of nitrogens with one attached hydrogen (secondary N) is 1. The van der Waals surface area contributed by atoms with Crippen LogP contribution in [0.25, 0.3) is 0 Å². The zero-order valence-corrected chi connectivity index (χ0v) is 16.9. The molecule has 0 aliphatic carbocycles. The lowest BCUT2D eigenvalue weighted by atomic mass is 10.1. The van der Waals surface area contributed by atoms with E-state index in [9.17, 15) is 4.79 Å². The van der Waals surface area contributed by atoms with Crippen LogP contribution in [0.5, 0.6) is 17.2 Å². The molecular weight excluding hydrogens is 394 g/mol. The lowest BCUT2D eigenvalue weighted by molar-refractivity contribution is 0.0946. The van der Waals surface area contributed by atoms with Gasteiger partial charge in [0, 0.05) is 13.5 Å². The number of rotatable bonds is 8. The van der Waals surface area contributed by atoms with Crippen LogP contribution in [0.15, 0.2) is 83.4 Å². The lowest BCUT2D eigenvalue weighted by Crippen LogP contribution is -2.23. The Kier molecular flexibility index (Phi) is 6.23. The molecule has 0 fully saturated rings. The number of para-hydroxylation sites is 2. The van der Waals surface area contributed by atoms with E-state index in [4.69, 9.17) is 14.0 Å². The molecule has 0 aliphatic rings. The van der Waals surface area contributed by atoms with Crippen molar-refractivity contribution < 1.29 is 18.8 Å². The van der Waals surface area contributed by atoms with Crippen molar-refractivity contribution in [3.63, 3.8) is 0 Å². The predicted octanol–water partition coefficient (Wildman–Crippen LogP) is 4.68. The Morgan fingerprint density at radius 1 is 0.935 bits per heavy atom. The van der Waals surface area contributed by atoms with Gasteiger partial charge in [0.1, 0.15) is 17.2 Å². The third-order valence-electron chi connectivity index (χ3n) is 4.41. The van der Waals surface area contributed by atoms with Crippen molar-refractivity contribution in [2.75, 3.05) is 0 Å². The molecule has 0 bridgehead atoms. The van der Waals surface area contributed by atoms with Crippen molar-refractivity contribution in [2.24, 2.45) is 0 Å². The van der Waals surface area contributed by atoms with Gasteiger partial charge in [0.05, 0.1) is 5.56 Å². The fraction of sp³-hybridized carbons (Fsp3) is 0.125. The third-order valence-corrected chi connectivity index (χ3v) is 4.41. The van der Waals surface area contributed by atoms with Crippen LogP contribution in [0, 0.1) is 6.92 Å². The second kappa shape index (κ2) is 9.58. The van der Waals surface area contributed by atoms with E-state index in [1.54, 1.807) is 31.2 Å². The molecule has 31 heavy (non-hydrogen) atoms. The monoisotopic (exact) mass is 415 g/mol. The average molecular weight is 415 g/mol. The van der Waals surface area contributed by atoms with Crippen LogP contribution < -0.4 is 14.8 Å². The van der Waals surface area contributed by atoms with Crippen molar-refractivity contribution in [2.45, 2.75) is 20.1 Å². The molecule has 4 aromatic rings. The fourth-order valence-electron chi connectivity index (χ4n) is 2.90. The number of aromatic nitrogens is 2. The fourth-order valence-corrected chi connectivity index (χ4v) is 2.90. The van der Waals surface area contributed by atoms with Gasteiger partial charge in [-0.2, -0.15) is 4.98 Å². The molecule has 0 spiro atoms. The number of ether oxygens (including phenoxy) is 2. The van der Waals surface area contributed by atoms with E-state index in [-0.39, 0.29) is 12.5 Å². The molecule has 0 saturated carbocycles. The third kappa shape index (κ3) is 5.48. The molecule has 7 heteroatoms. The Balaban J connectivity index is 1.34. The summed E-state index contributed by atoms with van der Waals surface area (Å²) in [7, 11) is 0. The summed E-state index contributed by atoms with van der Waals surface area (Å²) < 4.78 is 16.4. The first-order valence-electron chi connectivity index (χ1n) is 9.78. The summed E-state index contributed by atoms with van der Waals surface area (Å²) in [4.78, 5) is 16.8. The maximum Gasteiger partial charge on any atom is 0.255 e. The minimum Gasteiger partial charge on any atom is -0.485 e. The maximum absolute atomic E-state index is 12.7. The van der Waals surface area contributed by atoms with Crippen LogP contribution in [-0.4, -0.2) is 16.0 Å². The molecule has 1 aromatic heterocycles. The van der Waals surface area contributed by atoms with Crippen molar-refractivity contribution in [3.8, 4) is 17.2 Å². The van der Waals surface area contributed by atoms with E-state index >= 15 is 0 Å². The first kappa shape index (κ1) is 20.2. The van der Waals surface area contributed by atoms with E-state index in [2.05, 4.69) is 15.5 Å². The second-order valence-electron chi connectivity index (χ2n) is 6.76. The number of aryl methyl sites for hydroxylation is 1. The van der Waals surface area contributed by atoms with E-state index in [1.165, 1.54) is 0 Å². The van der Waals surface area contributed by atoms with Gasteiger partial charge < -0.3 is 19.3 Å². The summed E-state index contributed by atoms with van der Waals surface area (Å²) in [6.45, 7) is 2.20. The van der Waals surface area contributed by atoms with Gasteiger partial charge >= 0.3 is 0 Å². The van der Waals surface area contributed by atoms with Crippen molar-refractivity contribution >= 4 is 5.91 Å². The summed E-state index contributed by atoms with van der Waals surface area (Å²) in [5.74, 6) is 2.61. The van der Waals surface area contributed by atoms with Crippen LogP contribution in [-0.2, 0) is 13.2 Å². The molecule has 7 nitrogen and oxygen atoms in total. The zero-order chi connectivity index (χ0) is 21.5. The Morgan fingerprint density at radius 2 is 1.65 bits per heavy atom. The smallest absolute Gasteiger partial charge is 0.255 e. The van der Waals surface area contributed by atoms with Gasteiger partial charge in [-0.05, 0) is 42.0 Å². The van der Waals surface area contributed by atoms with Gasteiger partial charge in [0.15, 0.2) is 6.61 Å². The molecule has 3 aromatic carbocycles. The number of hydrogen-bond acceptors (Lipinski definition) is 6. The number of nitrogens with zero attached hydrogens (tertiary/aromatic N) is 2. The predicted molar refractivity (Wildman–Crippen MR) is 114 cm³/mol. The van der Waals surface area contributed by atoms with Gasteiger partial charge in [-0.1, -0.05) is 47.6 Å². The molecular formula is C24H21N3O4. The standard InChI is InChI=1S/C24H21N3O4/c1-17-26-23(27-31-17)16-29-22-10-6-5-9-21(22)24(28)25-15-18-11-13-20(14-12-18)30-19-7-3-2-4-8-19/h2-14H,15-16H2,1H3,(H,25,28). The van der Waals surface area contributed by atoms with Crippen molar-refractivity contribution in [1.29, 1.82) is 0 Å². The van der Waals surface area contributed by atoms with Crippen LogP contribution in [0.2, 0.25) is 0 Å². The highest BCUT2D eigenvalue weighted by molar-refractivity contribution is 5.96. The molecule has 0 radical (unpaired) electrons. The molecule has 4 rings (SSSR count). The van der Waals surface area contributed by atoms with E-state index < -0.39 is 0 Å². The van der Waals surface area contributed by atoms with Gasteiger partial charge in [-0.15, -0.1) is 0 Å². The Labute approximate surface area is 179 Å². The molecule has 0 atom stereocenters. The van der Waals surface area contributed by atoms with E-state index in [1.807, 2.05) is 54.6 Å². The van der Waals surface area contributed by atoms with Crippen molar-refractivity contribution in [3.05, 3.63) is 102 Å². The van der Waals surface area contributed by atoms with Gasteiger partial charge in [-0.3, -0.25) is 4.79 Å². The van der Waals surface area contributed by atoms with Gasteiger partial charge in [-0.25, -0.2) is 0 Å². The molecule has 0 unspecified atom stereocenters. The summed E-state index contributed by atoms with van der Waals surface area (Å²) in [6, 6.07) is 24.2. The quantitative estimate of drug-likeness (QED) is 0.450. The maximum atomic E-state index is 12.7. The molecule has 1 N–H and O–H groups in total. The summed E-state index contributed by atoms with van der Waals surface area (Å²) in [5.41, 5.74) is 1.39. The molecule has 1 heterocycles. The Morgan fingerprint density at radius 3 is 2.39 bits per heavy atom. The summed E-state index contributed by atoms with van der Waals surface area (Å²) in [6.07, 6.45) is 0. The number of carbonyl (C=O) groups is 1. The lowest BCUT2D eigenvalue weighted by Gasteiger charge is -2.11. The SMILES string of the molecule is Cc1nc(COc2ccccc2C(=O)NCc2ccc(Oc3ccccc3)cc2)no1. The van der Waals surface area contributed by atoms with Crippen LogP contribution in [0.3, 0.4) is 0 Å². The number of hydrogen-bond donors (Lipinski definition) is 1. The molecule has 1 amide bonds. The Hall–Kier alpha value is -4.13.